The Kier molecular flexibility index (Phi) is 1.85. The van der Waals surface area contributed by atoms with E-state index in [4.69, 9.17) is 10.9 Å². The fraction of sp³-hybridized carbons (Fsp3) is 0.111. The van der Waals surface area contributed by atoms with Crippen LogP contribution in [0, 0.1) is 6.92 Å². The summed E-state index contributed by atoms with van der Waals surface area (Å²) in [6.07, 6.45) is 3.56. The van der Waals surface area contributed by atoms with Crippen molar-refractivity contribution in [1.29, 1.82) is 0 Å². The number of hydrogen-bond acceptors (Lipinski definition) is 3. The largest absolute Gasteiger partial charge is 0.409 e. The molecule has 0 saturated heterocycles. The zero-order chi connectivity index (χ0) is 10.1. The zero-order valence-corrected chi connectivity index (χ0v) is 7.68. The van der Waals surface area contributed by atoms with E-state index in [1.54, 1.807) is 6.33 Å². The Hall–Kier alpha value is -2.04. The molecule has 0 aliphatic carbocycles. The molecule has 72 valence electrons. The van der Waals surface area contributed by atoms with Gasteiger partial charge >= 0.3 is 0 Å². The first-order valence-corrected chi connectivity index (χ1v) is 4.13. The highest BCUT2D eigenvalue weighted by Gasteiger charge is 2.07. The van der Waals surface area contributed by atoms with Gasteiger partial charge in [0.15, 0.2) is 5.84 Å². The van der Waals surface area contributed by atoms with Crippen molar-refractivity contribution in [2.45, 2.75) is 6.92 Å². The molecule has 0 unspecified atom stereocenters. The Morgan fingerprint density at radius 3 is 3.07 bits per heavy atom. The highest BCUT2D eigenvalue weighted by Crippen LogP contribution is 2.10. The number of pyridine rings is 1. The molecule has 14 heavy (non-hydrogen) atoms. The van der Waals surface area contributed by atoms with E-state index < -0.39 is 0 Å². The van der Waals surface area contributed by atoms with Crippen molar-refractivity contribution in [3.8, 4) is 0 Å². The summed E-state index contributed by atoms with van der Waals surface area (Å²) in [7, 11) is 0. The molecular weight excluding hydrogens is 180 g/mol. The number of aromatic nitrogens is 2. The highest BCUT2D eigenvalue weighted by molar-refractivity contribution is 6.01. The van der Waals surface area contributed by atoms with Gasteiger partial charge in [-0.25, -0.2) is 4.98 Å². The third-order valence-electron chi connectivity index (χ3n) is 2.03. The molecule has 0 fully saturated rings. The molecule has 0 atom stereocenters. The van der Waals surface area contributed by atoms with Gasteiger partial charge in [-0.1, -0.05) is 11.2 Å². The van der Waals surface area contributed by atoms with Gasteiger partial charge in [-0.15, -0.1) is 0 Å². The van der Waals surface area contributed by atoms with Gasteiger partial charge in [0.2, 0.25) is 0 Å². The van der Waals surface area contributed by atoms with Crippen LogP contribution in [0.2, 0.25) is 0 Å². The van der Waals surface area contributed by atoms with Gasteiger partial charge in [0.05, 0.1) is 5.52 Å². The van der Waals surface area contributed by atoms with Gasteiger partial charge in [-0.05, 0) is 18.6 Å². The summed E-state index contributed by atoms with van der Waals surface area (Å²) < 4.78 is 1.84. The van der Waals surface area contributed by atoms with Crippen LogP contribution in [0.5, 0.6) is 0 Å². The SMILES string of the molecule is Cc1ccc2c(/C(N)=N\O)ncn2c1. The Labute approximate surface area is 80.5 Å². The molecule has 2 rings (SSSR count). The van der Waals surface area contributed by atoms with Crippen molar-refractivity contribution in [3.63, 3.8) is 0 Å². The summed E-state index contributed by atoms with van der Waals surface area (Å²) in [5, 5.41) is 11.5. The number of amidine groups is 1. The summed E-state index contributed by atoms with van der Waals surface area (Å²) in [4.78, 5) is 4.05. The fourth-order valence-corrected chi connectivity index (χ4v) is 1.36. The quantitative estimate of drug-likeness (QED) is 0.301. The molecule has 0 bridgehead atoms. The minimum absolute atomic E-state index is 0.0244. The second-order valence-electron chi connectivity index (χ2n) is 3.08. The first-order valence-electron chi connectivity index (χ1n) is 4.13. The van der Waals surface area contributed by atoms with Gasteiger partial charge in [0.25, 0.3) is 0 Å². The number of rotatable bonds is 1. The predicted octanol–water partition coefficient (Wildman–Crippen LogP) is 0.737. The maximum atomic E-state index is 8.53. The first-order chi connectivity index (χ1) is 6.72. The average Bonchev–Trinajstić information content (AvgIpc) is 2.59. The van der Waals surface area contributed by atoms with E-state index in [2.05, 4.69) is 10.1 Å². The molecule has 2 aromatic rings. The van der Waals surface area contributed by atoms with Gasteiger partial charge in [0, 0.05) is 6.20 Å². The predicted molar refractivity (Wildman–Crippen MR) is 52.4 cm³/mol. The van der Waals surface area contributed by atoms with E-state index in [-0.39, 0.29) is 5.84 Å². The molecule has 0 spiro atoms. The van der Waals surface area contributed by atoms with Crippen LogP contribution in [-0.4, -0.2) is 20.4 Å². The van der Waals surface area contributed by atoms with Crippen molar-refractivity contribution in [2.75, 3.05) is 0 Å². The zero-order valence-electron chi connectivity index (χ0n) is 7.68. The van der Waals surface area contributed by atoms with Gasteiger partial charge in [-0.2, -0.15) is 0 Å². The van der Waals surface area contributed by atoms with Crippen molar-refractivity contribution in [2.24, 2.45) is 10.9 Å². The van der Waals surface area contributed by atoms with E-state index in [9.17, 15) is 0 Å². The molecule has 5 heteroatoms. The molecular formula is C9H10N4O. The van der Waals surface area contributed by atoms with Crippen LogP contribution in [0.3, 0.4) is 0 Å². The number of oxime groups is 1. The minimum Gasteiger partial charge on any atom is -0.409 e. The van der Waals surface area contributed by atoms with Crippen LogP contribution >= 0.6 is 0 Å². The molecule has 0 aliphatic rings. The highest BCUT2D eigenvalue weighted by atomic mass is 16.4. The normalized spacial score (nSPS) is 12.2. The summed E-state index contributed by atoms with van der Waals surface area (Å²) in [5.41, 5.74) is 7.91. The lowest BCUT2D eigenvalue weighted by Crippen LogP contribution is -2.13. The molecule has 0 radical (unpaired) electrons. The second-order valence-corrected chi connectivity index (χ2v) is 3.08. The molecule has 2 aromatic heterocycles. The number of aryl methyl sites for hydroxylation is 1. The van der Waals surface area contributed by atoms with E-state index in [0.29, 0.717) is 5.69 Å². The standard InChI is InChI=1S/C9H10N4O/c1-6-2-3-7-8(9(10)12-14)11-5-13(7)4-6/h2-5,14H,1H3,(H2,10,12). The summed E-state index contributed by atoms with van der Waals surface area (Å²) in [5.74, 6) is 0.0244. The van der Waals surface area contributed by atoms with E-state index in [1.807, 2.05) is 29.7 Å². The molecule has 3 N–H and O–H groups in total. The molecule has 2 heterocycles. The third kappa shape index (κ3) is 1.19. The second kappa shape index (κ2) is 3.02. The van der Waals surface area contributed by atoms with Crippen molar-refractivity contribution >= 4 is 11.4 Å². The van der Waals surface area contributed by atoms with Crippen LogP contribution in [0.25, 0.3) is 5.52 Å². The van der Waals surface area contributed by atoms with Crippen LogP contribution in [0.15, 0.2) is 29.8 Å². The van der Waals surface area contributed by atoms with Crippen molar-refractivity contribution in [3.05, 3.63) is 35.9 Å². The fourth-order valence-electron chi connectivity index (χ4n) is 1.36. The lowest BCUT2D eigenvalue weighted by atomic mass is 10.2. The Morgan fingerprint density at radius 2 is 2.36 bits per heavy atom. The maximum absolute atomic E-state index is 8.53. The topological polar surface area (TPSA) is 75.9 Å². The summed E-state index contributed by atoms with van der Waals surface area (Å²) in [6, 6.07) is 3.83. The molecule has 0 saturated carbocycles. The van der Waals surface area contributed by atoms with Crippen LogP contribution in [0.1, 0.15) is 11.3 Å². The lowest BCUT2D eigenvalue weighted by Gasteiger charge is -1.97. The van der Waals surface area contributed by atoms with E-state index >= 15 is 0 Å². The van der Waals surface area contributed by atoms with Crippen LogP contribution < -0.4 is 5.73 Å². The number of nitrogens with two attached hydrogens (primary N) is 1. The van der Waals surface area contributed by atoms with Gasteiger partial charge in [0.1, 0.15) is 12.0 Å². The third-order valence-corrected chi connectivity index (χ3v) is 2.03. The number of fused-ring (bicyclic) bond motifs is 1. The Balaban J connectivity index is 2.70. The van der Waals surface area contributed by atoms with Crippen molar-refractivity contribution in [1.82, 2.24) is 9.38 Å². The monoisotopic (exact) mass is 190 g/mol. The smallest absolute Gasteiger partial charge is 0.190 e. The Morgan fingerprint density at radius 1 is 1.57 bits per heavy atom. The van der Waals surface area contributed by atoms with E-state index in [1.165, 1.54) is 0 Å². The van der Waals surface area contributed by atoms with E-state index in [0.717, 1.165) is 11.1 Å². The van der Waals surface area contributed by atoms with Crippen molar-refractivity contribution < 1.29 is 5.21 Å². The maximum Gasteiger partial charge on any atom is 0.190 e. The first kappa shape index (κ1) is 8.55. The molecule has 0 amide bonds. The van der Waals surface area contributed by atoms with Crippen LogP contribution in [0.4, 0.5) is 0 Å². The minimum atomic E-state index is 0.0244. The van der Waals surface area contributed by atoms with Gasteiger partial charge in [-0.3, -0.25) is 0 Å². The van der Waals surface area contributed by atoms with Gasteiger partial charge < -0.3 is 15.3 Å². The molecule has 0 aliphatic heterocycles. The molecule has 0 aromatic carbocycles. The average molecular weight is 190 g/mol. The van der Waals surface area contributed by atoms with Crippen LogP contribution in [-0.2, 0) is 0 Å². The summed E-state index contributed by atoms with van der Waals surface area (Å²) >= 11 is 0. The Bertz CT molecular complexity index is 500. The molecule has 5 nitrogen and oxygen atoms in total. The number of hydrogen-bond donors (Lipinski definition) is 2. The number of nitrogens with zero attached hydrogens (tertiary/aromatic N) is 3. The summed E-state index contributed by atoms with van der Waals surface area (Å²) in [6.45, 7) is 1.99. The number of imidazole rings is 1. The lowest BCUT2D eigenvalue weighted by molar-refractivity contribution is 0.318.